The summed E-state index contributed by atoms with van der Waals surface area (Å²) in [6, 6.07) is 0. The molecule has 0 saturated heterocycles. The van der Waals surface area contributed by atoms with Crippen LogP contribution in [0.15, 0.2) is 0 Å². The molecule has 0 rings (SSSR count). The lowest BCUT2D eigenvalue weighted by atomic mass is 10.2. The van der Waals surface area contributed by atoms with Crippen LogP contribution in [-0.4, -0.2) is 70.3 Å². The Bertz CT molecular complexity index is 576. The zero-order valence-corrected chi connectivity index (χ0v) is 29.7. The Kier molecular flexibility index (Phi) is 11.7. The van der Waals surface area contributed by atoms with Gasteiger partial charge < -0.3 is 44.4 Å². The largest absolute Gasteiger partial charge is 0.675 e. The van der Waals surface area contributed by atoms with Crippen molar-refractivity contribution in [1.29, 1.82) is 0 Å². The molecule has 0 aliphatic rings. The second kappa shape index (κ2) is 11.6. The van der Waals surface area contributed by atoms with E-state index in [0.717, 1.165) is 0 Å². The summed E-state index contributed by atoms with van der Waals surface area (Å²) in [4.78, 5) is 22.8. The van der Waals surface area contributed by atoms with Crippen molar-refractivity contribution in [3.63, 3.8) is 0 Å². The van der Waals surface area contributed by atoms with Crippen LogP contribution >= 0.6 is 0 Å². The first kappa shape index (κ1) is 37.3. The van der Waals surface area contributed by atoms with E-state index in [1.807, 2.05) is 0 Å². The van der Waals surface area contributed by atoms with Gasteiger partial charge in [0.2, 0.25) is 0 Å². The van der Waals surface area contributed by atoms with Gasteiger partial charge in [-0.25, -0.2) is 0 Å². The molecular formula is C24H56O10Si3. The number of hydrogen-bond donors (Lipinski definition) is 2. The minimum atomic E-state index is -5.20. The van der Waals surface area contributed by atoms with Crippen molar-refractivity contribution in [1.82, 2.24) is 0 Å². The van der Waals surface area contributed by atoms with Crippen molar-refractivity contribution in [2.24, 2.45) is 0 Å². The molecule has 224 valence electrons. The Morgan fingerprint density at radius 2 is 0.459 bits per heavy atom. The molecule has 0 saturated carbocycles. The van der Waals surface area contributed by atoms with Crippen molar-refractivity contribution in [3.05, 3.63) is 0 Å². The lowest BCUT2D eigenvalue weighted by Gasteiger charge is -2.45. The van der Waals surface area contributed by atoms with Gasteiger partial charge in [-0.05, 0) is 125 Å². The molecule has 0 aliphatic carbocycles. The smallest absolute Gasteiger partial charge is 0.368 e. The van der Waals surface area contributed by atoms with Crippen LogP contribution in [0.3, 0.4) is 0 Å². The molecule has 10 nitrogen and oxygen atoms in total. The Hall–Kier alpha value is 0.251. The minimum Gasteiger partial charge on any atom is -0.368 e. The molecule has 0 radical (unpaired) electrons. The van der Waals surface area contributed by atoms with Gasteiger partial charge >= 0.3 is 27.1 Å². The SMILES string of the molecule is CC(C)(C)O[Si](OC(C)(C)C)(OC(C)(C)C)O[Si](O)(O)O[Si](OC(C)(C)C)(OC(C)(C)C)OC(C)(C)C. The molecule has 2 N–H and O–H groups in total. The minimum absolute atomic E-state index is 0.826. The van der Waals surface area contributed by atoms with E-state index in [-0.39, 0.29) is 0 Å². The van der Waals surface area contributed by atoms with Gasteiger partial charge in [-0.3, -0.25) is 0 Å². The fraction of sp³-hybridized carbons (Fsp3) is 1.00. The normalized spacial score (nSPS) is 15.9. The maximum Gasteiger partial charge on any atom is 0.675 e. The zero-order valence-electron chi connectivity index (χ0n) is 26.7. The van der Waals surface area contributed by atoms with Crippen LogP contribution in [0.5, 0.6) is 0 Å². The Balaban J connectivity index is 6.88. The van der Waals surface area contributed by atoms with E-state index >= 15 is 0 Å². The van der Waals surface area contributed by atoms with Gasteiger partial charge in [0.25, 0.3) is 0 Å². The van der Waals surface area contributed by atoms with Crippen LogP contribution in [0, 0.1) is 0 Å². The fourth-order valence-corrected chi connectivity index (χ4v) is 11.7. The highest BCUT2D eigenvalue weighted by atomic mass is 28.5. The Morgan fingerprint density at radius 3 is 0.568 bits per heavy atom. The third-order valence-corrected chi connectivity index (χ3v) is 12.4. The van der Waals surface area contributed by atoms with E-state index in [1.165, 1.54) is 0 Å². The summed E-state index contributed by atoms with van der Waals surface area (Å²) in [6.07, 6.45) is 0. The van der Waals surface area contributed by atoms with Crippen molar-refractivity contribution in [2.75, 3.05) is 0 Å². The molecular weight excluding hydrogens is 533 g/mol. The molecule has 0 fully saturated rings. The van der Waals surface area contributed by atoms with Crippen LogP contribution in [-0.2, 0) is 34.8 Å². The van der Waals surface area contributed by atoms with Gasteiger partial charge in [0.05, 0.1) is 33.6 Å². The Labute approximate surface area is 229 Å². The van der Waals surface area contributed by atoms with Crippen molar-refractivity contribution in [3.8, 4) is 0 Å². The van der Waals surface area contributed by atoms with Crippen LogP contribution in [0.1, 0.15) is 125 Å². The van der Waals surface area contributed by atoms with E-state index in [2.05, 4.69) is 0 Å². The highest BCUT2D eigenvalue weighted by Gasteiger charge is 2.67. The molecule has 0 aromatic heterocycles. The van der Waals surface area contributed by atoms with Gasteiger partial charge in [0, 0.05) is 0 Å². The van der Waals surface area contributed by atoms with E-state index in [1.54, 1.807) is 125 Å². The van der Waals surface area contributed by atoms with E-state index < -0.39 is 60.8 Å². The third kappa shape index (κ3) is 18.3. The third-order valence-electron chi connectivity index (χ3n) is 3.10. The summed E-state index contributed by atoms with van der Waals surface area (Å²) < 4.78 is 49.3. The van der Waals surface area contributed by atoms with Crippen LogP contribution in [0.2, 0.25) is 0 Å². The lowest BCUT2D eigenvalue weighted by molar-refractivity contribution is -0.145. The average molecular weight is 589 g/mol. The molecule has 0 atom stereocenters. The van der Waals surface area contributed by atoms with Gasteiger partial charge in [-0.1, -0.05) is 0 Å². The average Bonchev–Trinajstić information content (AvgIpc) is 2.29. The standard InChI is InChI=1S/C24H56O10Si3/c1-19(2,3)27-36(28-20(4,5)6,29-21(7,8)9)33-35(25,26)34-37(30-22(10,11)12,31-23(13,14)15)32-24(16,17)18/h25-26H,1-18H3. The predicted molar refractivity (Wildman–Crippen MR) is 149 cm³/mol. The molecule has 0 aromatic carbocycles. The van der Waals surface area contributed by atoms with Gasteiger partial charge in [0.15, 0.2) is 0 Å². The van der Waals surface area contributed by atoms with E-state index in [0.29, 0.717) is 0 Å². The van der Waals surface area contributed by atoms with Crippen molar-refractivity contribution < 1.29 is 44.4 Å². The summed E-state index contributed by atoms with van der Waals surface area (Å²) in [5.74, 6) is 0. The summed E-state index contributed by atoms with van der Waals surface area (Å²) in [5.41, 5.74) is -4.96. The summed E-state index contributed by atoms with van der Waals surface area (Å²) in [7, 11) is -13.8. The van der Waals surface area contributed by atoms with E-state index in [4.69, 9.17) is 34.8 Å². The highest BCUT2D eigenvalue weighted by molar-refractivity contribution is 6.73. The van der Waals surface area contributed by atoms with Gasteiger partial charge in [-0.2, -0.15) is 0 Å². The first-order valence-corrected chi connectivity index (χ1v) is 17.7. The summed E-state index contributed by atoms with van der Waals surface area (Å²) in [6.45, 7) is 32.3. The second-order valence-electron chi connectivity index (χ2n) is 15.0. The monoisotopic (exact) mass is 588 g/mol. The second-order valence-corrected chi connectivity index (χ2v) is 21.0. The molecule has 0 bridgehead atoms. The molecule has 0 spiro atoms. The maximum absolute atomic E-state index is 11.4. The highest BCUT2D eigenvalue weighted by Crippen LogP contribution is 2.35. The molecule has 0 amide bonds. The van der Waals surface area contributed by atoms with Crippen LogP contribution in [0.4, 0.5) is 0 Å². The number of hydrogen-bond acceptors (Lipinski definition) is 10. The van der Waals surface area contributed by atoms with Crippen LogP contribution < -0.4 is 0 Å². The number of rotatable bonds is 10. The van der Waals surface area contributed by atoms with E-state index in [9.17, 15) is 9.59 Å². The zero-order chi connectivity index (χ0) is 30.2. The molecule has 0 unspecified atom stereocenters. The van der Waals surface area contributed by atoms with Gasteiger partial charge in [0.1, 0.15) is 0 Å². The fourth-order valence-electron chi connectivity index (χ4n) is 2.85. The quantitative estimate of drug-likeness (QED) is 0.330. The molecule has 0 aromatic rings. The molecule has 13 heteroatoms. The predicted octanol–water partition coefficient (Wildman–Crippen LogP) is 5.20. The lowest BCUT2D eigenvalue weighted by Crippen LogP contribution is -2.70. The van der Waals surface area contributed by atoms with Gasteiger partial charge in [-0.15, -0.1) is 0 Å². The van der Waals surface area contributed by atoms with Crippen LogP contribution in [0.25, 0.3) is 0 Å². The molecule has 0 heterocycles. The van der Waals surface area contributed by atoms with Crippen molar-refractivity contribution in [2.45, 2.75) is 158 Å². The maximum atomic E-state index is 11.4. The first-order chi connectivity index (χ1) is 15.7. The molecule has 0 aliphatic heterocycles. The molecule has 37 heavy (non-hydrogen) atoms. The topological polar surface area (TPSA) is 114 Å². The Morgan fingerprint density at radius 1 is 0.324 bits per heavy atom. The first-order valence-electron chi connectivity index (χ1n) is 12.7. The summed E-state index contributed by atoms with van der Waals surface area (Å²) >= 11 is 0. The summed E-state index contributed by atoms with van der Waals surface area (Å²) in [5, 5.41) is 0. The van der Waals surface area contributed by atoms with Crippen molar-refractivity contribution >= 4 is 27.1 Å².